The number of hydrogen-bond acceptors (Lipinski definition) is 4. The molecule has 3 N–H and O–H groups in total. The Morgan fingerprint density at radius 2 is 2.06 bits per heavy atom. The summed E-state index contributed by atoms with van der Waals surface area (Å²) in [6, 6.07) is 4.26. The predicted octanol–water partition coefficient (Wildman–Crippen LogP) is 1.54. The summed E-state index contributed by atoms with van der Waals surface area (Å²) in [5.74, 6) is 5.18. The zero-order valence-electron chi connectivity index (χ0n) is 8.57. The van der Waals surface area contributed by atoms with E-state index in [1.165, 1.54) is 0 Å². The van der Waals surface area contributed by atoms with Crippen molar-refractivity contribution in [2.45, 2.75) is 6.04 Å². The lowest BCUT2D eigenvalue weighted by molar-refractivity contribution is 0.564. The maximum Gasteiger partial charge on any atom is 0.149 e. The summed E-state index contributed by atoms with van der Waals surface area (Å²) in [6.07, 6.45) is 1.13. The van der Waals surface area contributed by atoms with Gasteiger partial charge < -0.3 is 0 Å². The van der Waals surface area contributed by atoms with Gasteiger partial charge in [0, 0.05) is 16.3 Å². The Kier molecular flexibility index (Phi) is 4.58. The van der Waals surface area contributed by atoms with Crippen molar-refractivity contribution in [3.63, 3.8) is 0 Å². The van der Waals surface area contributed by atoms with Crippen LogP contribution in [-0.4, -0.2) is 20.4 Å². The summed E-state index contributed by atoms with van der Waals surface area (Å²) in [5.41, 5.74) is 2.99. The Morgan fingerprint density at radius 3 is 2.56 bits per heavy atom. The van der Waals surface area contributed by atoms with E-state index in [1.54, 1.807) is 18.2 Å². The predicted molar refractivity (Wildman–Crippen MR) is 66.2 cm³/mol. The lowest BCUT2D eigenvalue weighted by atomic mass is 10.1. The van der Waals surface area contributed by atoms with E-state index in [1.807, 2.05) is 0 Å². The van der Waals surface area contributed by atoms with Crippen molar-refractivity contribution in [1.82, 2.24) is 5.43 Å². The Labute approximate surface area is 105 Å². The molecule has 4 nitrogen and oxygen atoms in total. The third-order valence-electron chi connectivity index (χ3n) is 2.00. The molecule has 0 aliphatic carbocycles. The molecule has 1 rings (SSSR count). The van der Waals surface area contributed by atoms with Gasteiger partial charge in [-0.05, 0) is 23.8 Å². The van der Waals surface area contributed by atoms with Gasteiger partial charge in [0.1, 0.15) is 9.84 Å². The lowest BCUT2D eigenvalue weighted by Gasteiger charge is -2.16. The average molecular weight is 283 g/mol. The molecule has 0 saturated heterocycles. The van der Waals surface area contributed by atoms with Gasteiger partial charge in [0.25, 0.3) is 0 Å². The fourth-order valence-corrected chi connectivity index (χ4v) is 2.62. The molecule has 1 aromatic rings. The third-order valence-corrected chi connectivity index (χ3v) is 3.52. The van der Waals surface area contributed by atoms with Crippen molar-refractivity contribution >= 4 is 33.0 Å². The molecular formula is C9H12Cl2N2O2S. The standard InChI is InChI=1S/C9H12Cl2N2O2S/c1-16(14,15)5-9(13-12)7-4-6(10)2-3-8(7)11/h2-4,9,13H,5,12H2,1H3. The van der Waals surface area contributed by atoms with Crippen LogP contribution in [0.15, 0.2) is 18.2 Å². The van der Waals surface area contributed by atoms with Crippen LogP contribution in [0.2, 0.25) is 10.0 Å². The van der Waals surface area contributed by atoms with Crippen LogP contribution in [0.1, 0.15) is 11.6 Å². The third kappa shape index (κ3) is 3.92. The molecule has 0 saturated carbocycles. The number of benzene rings is 1. The second-order valence-electron chi connectivity index (χ2n) is 3.48. The Morgan fingerprint density at radius 1 is 1.44 bits per heavy atom. The molecule has 1 aromatic carbocycles. The van der Waals surface area contributed by atoms with Gasteiger partial charge in [-0.3, -0.25) is 11.3 Å². The smallest absolute Gasteiger partial charge is 0.149 e. The number of hydrazine groups is 1. The first-order chi connectivity index (χ1) is 7.33. The zero-order valence-corrected chi connectivity index (χ0v) is 10.9. The van der Waals surface area contributed by atoms with Crippen LogP contribution in [0, 0.1) is 0 Å². The molecule has 0 fully saturated rings. The maximum atomic E-state index is 11.2. The fraction of sp³-hybridized carbons (Fsp3) is 0.333. The zero-order chi connectivity index (χ0) is 12.3. The Hall–Kier alpha value is -0.330. The number of nitrogens with two attached hydrogens (primary N) is 1. The van der Waals surface area contributed by atoms with E-state index in [2.05, 4.69) is 5.43 Å². The molecule has 1 unspecified atom stereocenters. The molecule has 0 amide bonds. The highest BCUT2D eigenvalue weighted by atomic mass is 35.5. The first-order valence-corrected chi connectivity index (χ1v) is 7.24. The molecule has 0 aliphatic rings. The number of halogens is 2. The summed E-state index contributed by atoms with van der Waals surface area (Å²) >= 11 is 11.8. The SMILES string of the molecule is CS(=O)(=O)CC(NN)c1cc(Cl)ccc1Cl. The Balaban J connectivity index is 3.08. The van der Waals surface area contributed by atoms with Gasteiger partial charge in [0.15, 0.2) is 0 Å². The van der Waals surface area contributed by atoms with Gasteiger partial charge in [-0.2, -0.15) is 0 Å². The summed E-state index contributed by atoms with van der Waals surface area (Å²) in [5, 5.41) is 0.907. The van der Waals surface area contributed by atoms with Crippen molar-refractivity contribution < 1.29 is 8.42 Å². The lowest BCUT2D eigenvalue weighted by Crippen LogP contribution is -2.33. The molecule has 0 aliphatic heterocycles. The van der Waals surface area contributed by atoms with Crippen molar-refractivity contribution in [2.75, 3.05) is 12.0 Å². The summed E-state index contributed by atoms with van der Waals surface area (Å²) in [4.78, 5) is 0. The van der Waals surface area contributed by atoms with Crippen molar-refractivity contribution in [3.8, 4) is 0 Å². The second-order valence-corrected chi connectivity index (χ2v) is 6.51. The summed E-state index contributed by atoms with van der Waals surface area (Å²) in [7, 11) is -3.16. The maximum absolute atomic E-state index is 11.2. The van der Waals surface area contributed by atoms with Crippen molar-refractivity contribution in [3.05, 3.63) is 33.8 Å². The minimum atomic E-state index is -3.16. The van der Waals surface area contributed by atoms with Gasteiger partial charge >= 0.3 is 0 Å². The van der Waals surface area contributed by atoms with E-state index in [9.17, 15) is 8.42 Å². The molecule has 0 radical (unpaired) electrons. The molecule has 7 heteroatoms. The van der Waals surface area contributed by atoms with Gasteiger partial charge in [-0.25, -0.2) is 8.42 Å². The molecule has 16 heavy (non-hydrogen) atoms. The fourth-order valence-electron chi connectivity index (χ4n) is 1.31. The second kappa shape index (κ2) is 5.33. The number of rotatable bonds is 4. The topological polar surface area (TPSA) is 72.2 Å². The molecular weight excluding hydrogens is 271 g/mol. The largest absolute Gasteiger partial charge is 0.271 e. The van der Waals surface area contributed by atoms with E-state index in [4.69, 9.17) is 29.0 Å². The highest BCUT2D eigenvalue weighted by Gasteiger charge is 2.18. The van der Waals surface area contributed by atoms with Crippen LogP contribution in [0.3, 0.4) is 0 Å². The minimum Gasteiger partial charge on any atom is -0.271 e. The number of sulfone groups is 1. The minimum absolute atomic E-state index is 0.135. The van der Waals surface area contributed by atoms with E-state index < -0.39 is 15.9 Å². The van der Waals surface area contributed by atoms with Crippen LogP contribution in [0.4, 0.5) is 0 Å². The van der Waals surface area contributed by atoms with E-state index in [0.717, 1.165) is 6.26 Å². The molecule has 1 atom stereocenters. The van der Waals surface area contributed by atoms with Crippen LogP contribution in [-0.2, 0) is 9.84 Å². The summed E-state index contributed by atoms with van der Waals surface area (Å²) in [6.45, 7) is 0. The Bertz CT molecular complexity index is 476. The van der Waals surface area contributed by atoms with Crippen LogP contribution >= 0.6 is 23.2 Å². The van der Waals surface area contributed by atoms with Gasteiger partial charge in [-0.1, -0.05) is 23.2 Å². The molecule has 0 aromatic heterocycles. The monoisotopic (exact) mass is 282 g/mol. The normalized spacial score (nSPS) is 13.8. The number of nitrogens with one attached hydrogen (secondary N) is 1. The van der Waals surface area contributed by atoms with Crippen LogP contribution in [0.25, 0.3) is 0 Å². The van der Waals surface area contributed by atoms with E-state index in [-0.39, 0.29) is 5.75 Å². The highest BCUT2D eigenvalue weighted by Crippen LogP contribution is 2.26. The van der Waals surface area contributed by atoms with Gasteiger partial charge in [0.05, 0.1) is 11.8 Å². The first kappa shape index (κ1) is 13.7. The molecule has 90 valence electrons. The van der Waals surface area contributed by atoms with E-state index in [0.29, 0.717) is 15.6 Å². The number of hydrogen-bond donors (Lipinski definition) is 2. The van der Waals surface area contributed by atoms with E-state index >= 15 is 0 Å². The van der Waals surface area contributed by atoms with Gasteiger partial charge in [-0.15, -0.1) is 0 Å². The van der Waals surface area contributed by atoms with Crippen molar-refractivity contribution in [1.29, 1.82) is 0 Å². The summed E-state index contributed by atoms with van der Waals surface area (Å²) < 4.78 is 22.4. The molecule has 0 spiro atoms. The van der Waals surface area contributed by atoms with Crippen LogP contribution in [0.5, 0.6) is 0 Å². The quantitative estimate of drug-likeness (QED) is 0.649. The first-order valence-electron chi connectivity index (χ1n) is 4.42. The average Bonchev–Trinajstić information content (AvgIpc) is 2.17. The van der Waals surface area contributed by atoms with Gasteiger partial charge in [0.2, 0.25) is 0 Å². The highest BCUT2D eigenvalue weighted by molar-refractivity contribution is 7.90. The van der Waals surface area contributed by atoms with Crippen LogP contribution < -0.4 is 11.3 Å². The molecule has 0 heterocycles. The molecule has 0 bridgehead atoms. The van der Waals surface area contributed by atoms with Crippen molar-refractivity contribution in [2.24, 2.45) is 5.84 Å².